The zero-order chi connectivity index (χ0) is 13.8. The molecule has 0 atom stereocenters. The molecule has 3 rings (SSSR count). The quantitative estimate of drug-likeness (QED) is 0.912. The number of phenolic OH excluding ortho intramolecular Hbond substituents is 1. The van der Waals surface area contributed by atoms with Crippen LogP contribution in [0.1, 0.15) is 43.0 Å². The first-order valence-corrected chi connectivity index (χ1v) is 8.05. The second-order valence-electron chi connectivity index (χ2n) is 5.17. The SMILES string of the molecule is Oc1ccc(Cc2nc(CSC3CCCC3)no2)cc1. The van der Waals surface area contributed by atoms with Crippen molar-refractivity contribution in [3.8, 4) is 5.75 Å². The summed E-state index contributed by atoms with van der Waals surface area (Å²) < 4.78 is 5.28. The molecule has 1 fully saturated rings. The number of rotatable bonds is 5. The second kappa shape index (κ2) is 6.31. The summed E-state index contributed by atoms with van der Waals surface area (Å²) in [6, 6.07) is 7.07. The Hall–Kier alpha value is -1.49. The van der Waals surface area contributed by atoms with Crippen LogP contribution in [-0.2, 0) is 12.2 Å². The minimum absolute atomic E-state index is 0.271. The number of aromatic nitrogens is 2. The highest BCUT2D eigenvalue weighted by Crippen LogP contribution is 2.31. The highest BCUT2D eigenvalue weighted by atomic mass is 32.2. The van der Waals surface area contributed by atoms with Crippen molar-refractivity contribution in [3.05, 3.63) is 41.5 Å². The Bertz CT molecular complexity index is 547. The van der Waals surface area contributed by atoms with E-state index >= 15 is 0 Å². The Kier molecular flexibility index (Phi) is 4.25. The van der Waals surface area contributed by atoms with Crippen LogP contribution >= 0.6 is 11.8 Å². The summed E-state index contributed by atoms with van der Waals surface area (Å²) in [6.07, 6.45) is 5.97. The topological polar surface area (TPSA) is 59.2 Å². The molecule has 0 aliphatic heterocycles. The zero-order valence-corrected chi connectivity index (χ0v) is 12.1. The third kappa shape index (κ3) is 3.54. The Morgan fingerprint density at radius 3 is 2.70 bits per heavy atom. The Balaban J connectivity index is 1.54. The molecule has 1 saturated carbocycles. The fraction of sp³-hybridized carbons (Fsp3) is 0.467. The maximum atomic E-state index is 9.25. The molecule has 1 aliphatic rings. The molecular formula is C15H18N2O2S. The maximum absolute atomic E-state index is 9.25. The van der Waals surface area contributed by atoms with Gasteiger partial charge in [-0.15, -0.1) is 0 Å². The van der Waals surface area contributed by atoms with Crippen molar-refractivity contribution in [1.29, 1.82) is 0 Å². The summed E-state index contributed by atoms with van der Waals surface area (Å²) >= 11 is 1.94. The molecule has 106 valence electrons. The Morgan fingerprint density at radius 1 is 1.20 bits per heavy atom. The molecule has 1 aliphatic carbocycles. The fourth-order valence-electron chi connectivity index (χ4n) is 2.46. The summed E-state index contributed by atoms with van der Waals surface area (Å²) in [5.74, 6) is 2.53. The van der Waals surface area contributed by atoms with Gasteiger partial charge in [0.1, 0.15) is 5.75 Å². The smallest absolute Gasteiger partial charge is 0.231 e. The van der Waals surface area contributed by atoms with Crippen LogP contribution < -0.4 is 0 Å². The summed E-state index contributed by atoms with van der Waals surface area (Å²) in [7, 11) is 0. The van der Waals surface area contributed by atoms with Crippen LogP contribution in [0.5, 0.6) is 5.75 Å². The van der Waals surface area contributed by atoms with Gasteiger partial charge in [-0.3, -0.25) is 0 Å². The van der Waals surface area contributed by atoms with Crippen LogP contribution in [0.15, 0.2) is 28.8 Å². The third-order valence-corrected chi connectivity index (χ3v) is 4.92. The van der Waals surface area contributed by atoms with Gasteiger partial charge in [-0.25, -0.2) is 0 Å². The number of nitrogens with zero attached hydrogens (tertiary/aromatic N) is 2. The summed E-state index contributed by atoms with van der Waals surface area (Å²) in [5.41, 5.74) is 1.06. The average Bonchev–Trinajstić information content (AvgIpc) is 3.10. The van der Waals surface area contributed by atoms with Crippen molar-refractivity contribution in [3.63, 3.8) is 0 Å². The van der Waals surface area contributed by atoms with Gasteiger partial charge in [0.25, 0.3) is 0 Å². The van der Waals surface area contributed by atoms with Gasteiger partial charge < -0.3 is 9.63 Å². The molecule has 0 unspecified atom stereocenters. The van der Waals surface area contributed by atoms with Crippen molar-refractivity contribution in [1.82, 2.24) is 10.1 Å². The van der Waals surface area contributed by atoms with Crippen LogP contribution in [0, 0.1) is 0 Å². The average molecular weight is 290 g/mol. The van der Waals surface area contributed by atoms with Crippen molar-refractivity contribution < 1.29 is 9.63 Å². The number of hydrogen-bond acceptors (Lipinski definition) is 5. The molecule has 1 heterocycles. The van der Waals surface area contributed by atoms with E-state index < -0.39 is 0 Å². The molecule has 0 radical (unpaired) electrons. The first-order chi connectivity index (χ1) is 9.79. The lowest BCUT2D eigenvalue weighted by Gasteiger charge is -2.04. The molecule has 0 amide bonds. The van der Waals surface area contributed by atoms with Gasteiger partial charge in [-0.1, -0.05) is 30.1 Å². The lowest BCUT2D eigenvalue weighted by molar-refractivity contribution is 0.381. The van der Waals surface area contributed by atoms with E-state index in [9.17, 15) is 5.11 Å². The Labute approximate surface area is 122 Å². The summed E-state index contributed by atoms with van der Waals surface area (Å²) in [4.78, 5) is 4.43. The highest BCUT2D eigenvalue weighted by Gasteiger charge is 2.16. The predicted octanol–water partition coefficient (Wildman–Crippen LogP) is 3.54. The molecule has 1 aromatic carbocycles. The first-order valence-electron chi connectivity index (χ1n) is 7.00. The van der Waals surface area contributed by atoms with Crippen LogP contribution in [0.3, 0.4) is 0 Å². The molecule has 1 N–H and O–H groups in total. The van der Waals surface area contributed by atoms with Gasteiger partial charge >= 0.3 is 0 Å². The standard InChI is InChI=1S/C15H18N2O2S/c18-12-7-5-11(6-8-12)9-15-16-14(17-19-15)10-20-13-3-1-2-4-13/h5-8,13,18H,1-4,9-10H2. The molecule has 0 spiro atoms. The molecule has 2 aromatic rings. The molecule has 0 bridgehead atoms. The van der Waals surface area contributed by atoms with E-state index in [4.69, 9.17) is 4.52 Å². The van der Waals surface area contributed by atoms with Crippen molar-refractivity contribution in [2.75, 3.05) is 0 Å². The lowest BCUT2D eigenvalue weighted by atomic mass is 10.1. The van der Waals surface area contributed by atoms with E-state index in [1.54, 1.807) is 12.1 Å². The molecule has 0 saturated heterocycles. The molecule has 5 heteroatoms. The number of hydrogen-bond donors (Lipinski definition) is 1. The molecule has 1 aromatic heterocycles. The van der Waals surface area contributed by atoms with E-state index in [1.807, 2.05) is 23.9 Å². The minimum atomic E-state index is 0.271. The number of thioether (sulfide) groups is 1. The van der Waals surface area contributed by atoms with Crippen LogP contribution in [0.2, 0.25) is 0 Å². The van der Waals surface area contributed by atoms with Gasteiger partial charge in [0, 0.05) is 5.25 Å². The van der Waals surface area contributed by atoms with Gasteiger partial charge in [0.15, 0.2) is 5.82 Å². The fourth-order valence-corrected chi connectivity index (χ4v) is 3.63. The normalized spacial score (nSPS) is 15.8. The number of aromatic hydroxyl groups is 1. The van der Waals surface area contributed by atoms with E-state index in [-0.39, 0.29) is 5.75 Å². The van der Waals surface area contributed by atoms with Crippen molar-refractivity contribution in [2.24, 2.45) is 0 Å². The monoisotopic (exact) mass is 290 g/mol. The van der Waals surface area contributed by atoms with Gasteiger partial charge in [0.05, 0.1) is 12.2 Å². The van der Waals surface area contributed by atoms with Crippen LogP contribution in [0.4, 0.5) is 0 Å². The summed E-state index contributed by atoms with van der Waals surface area (Å²) in [6.45, 7) is 0. The summed E-state index contributed by atoms with van der Waals surface area (Å²) in [5, 5.41) is 14.1. The molecule has 20 heavy (non-hydrogen) atoms. The van der Waals surface area contributed by atoms with Crippen molar-refractivity contribution in [2.45, 2.75) is 43.1 Å². The zero-order valence-electron chi connectivity index (χ0n) is 11.3. The molecular weight excluding hydrogens is 272 g/mol. The van der Waals surface area contributed by atoms with E-state index in [2.05, 4.69) is 10.1 Å². The largest absolute Gasteiger partial charge is 0.508 e. The third-order valence-electron chi connectivity index (χ3n) is 3.55. The van der Waals surface area contributed by atoms with Crippen LogP contribution in [0.25, 0.3) is 0 Å². The molecule has 4 nitrogen and oxygen atoms in total. The van der Waals surface area contributed by atoms with Gasteiger partial charge in [0.2, 0.25) is 5.89 Å². The van der Waals surface area contributed by atoms with Crippen molar-refractivity contribution >= 4 is 11.8 Å². The van der Waals surface area contributed by atoms with Gasteiger partial charge in [-0.2, -0.15) is 16.7 Å². The maximum Gasteiger partial charge on any atom is 0.231 e. The lowest BCUT2D eigenvalue weighted by Crippen LogP contribution is -1.96. The first kappa shape index (κ1) is 13.5. The Morgan fingerprint density at radius 2 is 1.95 bits per heavy atom. The second-order valence-corrected chi connectivity index (χ2v) is 6.45. The minimum Gasteiger partial charge on any atom is -0.508 e. The van der Waals surface area contributed by atoms with E-state index in [0.717, 1.165) is 22.4 Å². The van der Waals surface area contributed by atoms with E-state index in [1.165, 1.54) is 25.7 Å². The van der Waals surface area contributed by atoms with Gasteiger partial charge in [-0.05, 0) is 30.5 Å². The number of benzene rings is 1. The van der Waals surface area contributed by atoms with E-state index in [0.29, 0.717) is 12.3 Å². The van der Waals surface area contributed by atoms with Crippen LogP contribution in [-0.4, -0.2) is 20.5 Å². The predicted molar refractivity (Wildman–Crippen MR) is 78.8 cm³/mol. The number of phenols is 1. The highest BCUT2D eigenvalue weighted by molar-refractivity contribution is 7.99.